The van der Waals surface area contributed by atoms with Crippen LogP contribution in [0.15, 0.2) is 12.7 Å². The molecule has 0 unspecified atom stereocenters. The van der Waals surface area contributed by atoms with Crippen LogP contribution in [0.2, 0.25) is 0 Å². The number of carbonyl (C=O) groups is 1. The van der Waals surface area contributed by atoms with E-state index in [0.717, 1.165) is 12.3 Å². The lowest BCUT2D eigenvalue weighted by atomic mass is 10.7. The minimum atomic E-state index is -0.522. The van der Waals surface area contributed by atoms with Gasteiger partial charge in [0.1, 0.15) is 0 Å². The van der Waals surface area contributed by atoms with Crippen molar-refractivity contribution in [2.45, 2.75) is 13.8 Å². The molecule has 0 aliphatic rings. The molecule has 0 aliphatic carbocycles. The third-order valence-electron chi connectivity index (χ3n) is 1.09. The fraction of sp³-hybridized carbons (Fsp3) is 0.571. The molecule has 0 radical (unpaired) electrons. The van der Waals surface area contributed by atoms with Crippen molar-refractivity contribution in [3.8, 4) is 0 Å². The Hall–Kier alpha value is -0.360. The smallest absolute Gasteiger partial charge is 0.332 e. The molecule has 3 heteroatoms. The van der Waals surface area contributed by atoms with Crippen LogP contribution in [-0.2, 0) is 9.32 Å². The summed E-state index contributed by atoms with van der Waals surface area (Å²) < 4.78 is 5.01. The second-order valence-electron chi connectivity index (χ2n) is 1.73. The summed E-state index contributed by atoms with van der Waals surface area (Å²) in [6, 6.07) is 0. The largest absolute Gasteiger partial charge is 0.442 e. The first kappa shape index (κ1) is 9.64. The normalized spacial score (nSPS) is 9.50. The molecule has 2 nitrogen and oxygen atoms in total. The lowest BCUT2D eigenvalue weighted by molar-refractivity contribution is -0.128. The van der Waals surface area contributed by atoms with Crippen LogP contribution in [0.1, 0.15) is 13.8 Å². The standard InChI is InChI=1S/C7H13O2P/c1-4-7(8)9-10(5-2)6-3/h4H,1,5-6H2,2-3H3. The molecule has 0 aliphatic heterocycles. The van der Waals surface area contributed by atoms with E-state index < -0.39 is 8.15 Å². The van der Waals surface area contributed by atoms with Crippen LogP contribution in [0, 0.1) is 0 Å². The zero-order valence-corrected chi connectivity index (χ0v) is 7.36. The average Bonchev–Trinajstić information content (AvgIpc) is 1.99. The third-order valence-corrected chi connectivity index (χ3v) is 2.94. The van der Waals surface area contributed by atoms with Gasteiger partial charge in [-0.25, -0.2) is 4.79 Å². The first-order valence-corrected chi connectivity index (χ1v) is 4.96. The van der Waals surface area contributed by atoms with Crippen LogP contribution >= 0.6 is 8.15 Å². The molecule has 0 bridgehead atoms. The number of hydrogen-bond donors (Lipinski definition) is 0. The van der Waals surface area contributed by atoms with E-state index >= 15 is 0 Å². The summed E-state index contributed by atoms with van der Waals surface area (Å²) >= 11 is 0. The predicted molar refractivity (Wildman–Crippen MR) is 44.3 cm³/mol. The minimum absolute atomic E-state index is 0.296. The van der Waals surface area contributed by atoms with Crippen LogP contribution in [0.5, 0.6) is 0 Å². The average molecular weight is 160 g/mol. The molecule has 10 heavy (non-hydrogen) atoms. The molecular formula is C7H13O2P. The van der Waals surface area contributed by atoms with Crippen LogP contribution in [0.25, 0.3) is 0 Å². The van der Waals surface area contributed by atoms with Crippen LogP contribution in [0.3, 0.4) is 0 Å². The van der Waals surface area contributed by atoms with Gasteiger partial charge in [0, 0.05) is 18.4 Å². The number of rotatable bonds is 4. The van der Waals surface area contributed by atoms with Gasteiger partial charge in [0.15, 0.2) is 0 Å². The van der Waals surface area contributed by atoms with Crippen LogP contribution in [-0.4, -0.2) is 18.3 Å². The molecular weight excluding hydrogens is 147 g/mol. The van der Waals surface area contributed by atoms with E-state index in [0.29, 0.717) is 0 Å². The van der Waals surface area contributed by atoms with Gasteiger partial charge in [-0.05, 0) is 0 Å². The highest BCUT2D eigenvalue weighted by Crippen LogP contribution is 2.35. The van der Waals surface area contributed by atoms with Crippen molar-refractivity contribution >= 4 is 14.1 Å². The van der Waals surface area contributed by atoms with E-state index in [9.17, 15) is 4.79 Å². The monoisotopic (exact) mass is 160 g/mol. The maximum atomic E-state index is 10.6. The lowest BCUT2D eigenvalue weighted by Crippen LogP contribution is -1.97. The summed E-state index contributed by atoms with van der Waals surface area (Å²) in [7, 11) is -0.522. The topological polar surface area (TPSA) is 26.3 Å². The van der Waals surface area contributed by atoms with Crippen molar-refractivity contribution in [1.82, 2.24) is 0 Å². The second-order valence-corrected chi connectivity index (χ2v) is 4.14. The fourth-order valence-electron chi connectivity index (χ4n) is 0.517. The van der Waals surface area contributed by atoms with Crippen molar-refractivity contribution in [3.05, 3.63) is 12.7 Å². The van der Waals surface area contributed by atoms with E-state index in [-0.39, 0.29) is 5.97 Å². The molecule has 58 valence electrons. The van der Waals surface area contributed by atoms with E-state index in [1.165, 1.54) is 6.08 Å². The molecule has 0 spiro atoms. The number of carbonyl (C=O) groups excluding carboxylic acids is 1. The van der Waals surface area contributed by atoms with Crippen molar-refractivity contribution in [2.24, 2.45) is 0 Å². The summed E-state index contributed by atoms with van der Waals surface area (Å²) in [6.45, 7) is 7.36. The zero-order valence-electron chi connectivity index (χ0n) is 6.46. The van der Waals surface area contributed by atoms with Gasteiger partial charge in [0.05, 0.1) is 8.15 Å². The Bertz CT molecular complexity index is 119. The summed E-state index contributed by atoms with van der Waals surface area (Å²) in [6.07, 6.45) is 3.08. The fourth-order valence-corrected chi connectivity index (χ4v) is 1.55. The first-order chi connectivity index (χ1) is 4.74. The van der Waals surface area contributed by atoms with E-state index in [1.54, 1.807) is 0 Å². The first-order valence-electron chi connectivity index (χ1n) is 3.33. The van der Waals surface area contributed by atoms with Gasteiger partial charge >= 0.3 is 5.97 Å². The predicted octanol–water partition coefficient (Wildman–Crippen LogP) is 2.15. The molecule has 0 aromatic heterocycles. The molecule has 0 heterocycles. The molecule has 0 rings (SSSR count). The van der Waals surface area contributed by atoms with E-state index in [1.807, 2.05) is 13.8 Å². The Morgan fingerprint density at radius 2 is 2.10 bits per heavy atom. The molecule has 0 aromatic carbocycles. The van der Waals surface area contributed by atoms with E-state index in [2.05, 4.69) is 6.58 Å². The summed E-state index contributed by atoms with van der Waals surface area (Å²) in [5, 5.41) is 0. The second kappa shape index (κ2) is 5.43. The zero-order chi connectivity index (χ0) is 7.98. The van der Waals surface area contributed by atoms with Gasteiger partial charge in [0.2, 0.25) is 0 Å². The van der Waals surface area contributed by atoms with Crippen LogP contribution < -0.4 is 0 Å². The Balaban J connectivity index is 3.62. The molecule has 0 atom stereocenters. The highest BCUT2D eigenvalue weighted by Gasteiger charge is 2.06. The van der Waals surface area contributed by atoms with Gasteiger partial charge in [-0.15, -0.1) is 0 Å². The highest BCUT2D eigenvalue weighted by molar-refractivity contribution is 7.53. The Morgan fingerprint density at radius 1 is 1.60 bits per heavy atom. The van der Waals surface area contributed by atoms with Gasteiger partial charge in [0.25, 0.3) is 0 Å². The molecule has 0 saturated heterocycles. The summed E-state index contributed by atoms with van der Waals surface area (Å²) in [4.78, 5) is 10.6. The molecule has 0 fully saturated rings. The van der Waals surface area contributed by atoms with Crippen LogP contribution in [0.4, 0.5) is 0 Å². The Labute approximate surface area is 63.1 Å². The van der Waals surface area contributed by atoms with Gasteiger partial charge in [-0.3, -0.25) is 0 Å². The molecule has 0 saturated carbocycles. The maximum absolute atomic E-state index is 10.6. The van der Waals surface area contributed by atoms with Crippen molar-refractivity contribution < 1.29 is 9.32 Å². The lowest BCUT2D eigenvalue weighted by Gasteiger charge is -2.10. The van der Waals surface area contributed by atoms with Crippen molar-refractivity contribution in [2.75, 3.05) is 12.3 Å². The van der Waals surface area contributed by atoms with Crippen molar-refractivity contribution in [3.63, 3.8) is 0 Å². The molecule has 0 aromatic rings. The van der Waals surface area contributed by atoms with E-state index in [4.69, 9.17) is 4.52 Å². The Kier molecular flexibility index (Phi) is 5.23. The minimum Gasteiger partial charge on any atom is -0.442 e. The van der Waals surface area contributed by atoms with Gasteiger partial charge < -0.3 is 4.52 Å². The highest BCUT2D eigenvalue weighted by atomic mass is 31.1. The van der Waals surface area contributed by atoms with Crippen molar-refractivity contribution in [1.29, 1.82) is 0 Å². The summed E-state index contributed by atoms with van der Waals surface area (Å²) in [5.74, 6) is -0.296. The van der Waals surface area contributed by atoms with Gasteiger partial charge in [-0.2, -0.15) is 0 Å². The molecule has 0 N–H and O–H groups in total. The Morgan fingerprint density at radius 3 is 2.40 bits per heavy atom. The third kappa shape index (κ3) is 3.62. The quantitative estimate of drug-likeness (QED) is 0.465. The maximum Gasteiger partial charge on any atom is 0.332 e. The number of hydrogen-bond acceptors (Lipinski definition) is 2. The molecule has 0 amide bonds. The SMILES string of the molecule is C=CC(=O)OP(CC)CC. The van der Waals surface area contributed by atoms with Gasteiger partial charge in [-0.1, -0.05) is 20.4 Å². The summed E-state index contributed by atoms with van der Waals surface area (Å²) in [5.41, 5.74) is 0.